The minimum absolute atomic E-state index is 0.493. The van der Waals surface area contributed by atoms with Gasteiger partial charge < -0.3 is 15.2 Å². The SMILES string of the molecule is COc1ccccc1C=CCNCC(O)c1ccc(Cl)s1. The fourth-order valence-electron chi connectivity index (χ4n) is 1.90. The summed E-state index contributed by atoms with van der Waals surface area (Å²) in [7, 11) is 1.66. The molecule has 0 radical (unpaired) electrons. The Kier molecular flexibility index (Phi) is 6.26. The Labute approximate surface area is 133 Å². The molecule has 0 fully saturated rings. The van der Waals surface area contributed by atoms with Crippen LogP contribution in [0, 0.1) is 0 Å². The van der Waals surface area contributed by atoms with E-state index < -0.39 is 6.10 Å². The molecule has 0 spiro atoms. The lowest BCUT2D eigenvalue weighted by Gasteiger charge is -2.08. The number of nitrogens with one attached hydrogen (secondary N) is 1. The van der Waals surface area contributed by atoms with E-state index in [1.165, 1.54) is 11.3 Å². The lowest BCUT2D eigenvalue weighted by Crippen LogP contribution is -2.20. The van der Waals surface area contributed by atoms with Crippen LogP contribution in [0.4, 0.5) is 0 Å². The molecule has 2 N–H and O–H groups in total. The normalized spacial score (nSPS) is 12.7. The van der Waals surface area contributed by atoms with Gasteiger partial charge in [-0.05, 0) is 18.2 Å². The van der Waals surface area contributed by atoms with Gasteiger partial charge in [0.1, 0.15) is 11.9 Å². The Morgan fingerprint density at radius 3 is 2.86 bits per heavy atom. The third kappa shape index (κ3) is 4.86. The molecule has 112 valence electrons. The molecule has 1 atom stereocenters. The Hall–Kier alpha value is -1.33. The Morgan fingerprint density at radius 1 is 1.33 bits per heavy atom. The monoisotopic (exact) mass is 323 g/mol. The van der Waals surface area contributed by atoms with Crippen LogP contribution in [-0.2, 0) is 0 Å². The van der Waals surface area contributed by atoms with Gasteiger partial charge in [-0.25, -0.2) is 0 Å². The fraction of sp³-hybridized carbons (Fsp3) is 0.250. The highest BCUT2D eigenvalue weighted by molar-refractivity contribution is 7.16. The predicted octanol–water partition coefficient (Wildman–Crippen LogP) is 3.75. The molecule has 0 saturated heterocycles. The summed E-state index contributed by atoms with van der Waals surface area (Å²) in [6, 6.07) is 11.5. The summed E-state index contributed by atoms with van der Waals surface area (Å²) in [6.45, 7) is 1.17. The minimum atomic E-state index is -0.526. The molecule has 0 saturated carbocycles. The van der Waals surface area contributed by atoms with Crippen molar-refractivity contribution in [2.75, 3.05) is 20.2 Å². The maximum absolute atomic E-state index is 9.98. The molecule has 3 nitrogen and oxygen atoms in total. The summed E-state index contributed by atoms with van der Waals surface area (Å²) in [5, 5.41) is 13.2. The largest absolute Gasteiger partial charge is 0.496 e. The van der Waals surface area contributed by atoms with Crippen molar-refractivity contribution < 1.29 is 9.84 Å². The van der Waals surface area contributed by atoms with Crippen LogP contribution in [0.25, 0.3) is 6.08 Å². The number of hydrogen-bond donors (Lipinski definition) is 2. The van der Waals surface area contributed by atoms with E-state index in [9.17, 15) is 5.11 Å². The average molecular weight is 324 g/mol. The molecular weight excluding hydrogens is 306 g/mol. The first kappa shape index (κ1) is 16.0. The number of aliphatic hydroxyl groups is 1. The number of thiophene rings is 1. The van der Waals surface area contributed by atoms with Gasteiger partial charge in [-0.1, -0.05) is 42.0 Å². The van der Waals surface area contributed by atoms with Crippen molar-refractivity contribution in [3.63, 3.8) is 0 Å². The predicted molar refractivity (Wildman–Crippen MR) is 89.2 cm³/mol. The second-order valence-corrected chi connectivity index (χ2v) is 6.21. The topological polar surface area (TPSA) is 41.5 Å². The molecular formula is C16H18ClNO2S. The molecule has 0 aliphatic heterocycles. The van der Waals surface area contributed by atoms with Crippen LogP contribution in [0.15, 0.2) is 42.5 Å². The summed E-state index contributed by atoms with van der Waals surface area (Å²) in [6.07, 6.45) is 3.48. The number of benzene rings is 1. The maximum Gasteiger partial charge on any atom is 0.126 e. The van der Waals surface area contributed by atoms with Gasteiger partial charge in [-0.15, -0.1) is 11.3 Å². The number of rotatable bonds is 7. The highest BCUT2D eigenvalue weighted by Gasteiger charge is 2.08. The lowest BCUT2D eigenvalue weighted by molar-refractivity contribution is 0.180. The number of halogens is 1. The highest BCUT2D eigenvalue weighted by atomic mass is 35.5. The Morgan fingerprint density at radius 2 is 2.14 bits per heavy atom. The molecule has 1 aromatic carbocycles. The first-order valence-corrected chi connectivity index (χ1v) is 7.83. The van der Waals surface area contributed by atoms with Crippen molar-refractivity contribution >= 4 is 29.0 Å². The van der Waals surface area contributed by atoms with Gasteiger partial charge in [0.2, 0.25) is 0 Å². The quantitative estimate of drug-likeness (QED) is 0.763. The number of aliphatic hydroxyl groups excluding tert-OH is 1. The molecule has 2 rings (SSSR count). The van der Waals surface area contributed by atoms with Crippen LogP contribution < -0.4 is 10.1 Å². The van der Waals surface area contributed by atoms with Crippen molar-refractivity contribution in [2.24, 2.45) is 0 Å². The molecule has 1 unspecified atom stereocenters. The summed E-state index contributed by atoms with van der Waals surface area (Å²) < 4.78 is 5.97. The number of para-hydroxylation sites is 1. The summed E-state index contributed by atoms with van der Waals surface area (Å²) in [4.78, 5) is 0.876. The first-order valence-electron chi connectivity index (χ1n) is 6.64. The van der Waals surface area contributed by atoms with Crippen molar-refractivity contribution in [3.05, 3.63) is 57.3 Å². The van der Waals surface area contributed by atoms with Crippen LogP contribution in [-0.4, -0.2) is 25.3 Å². The van der Waals surface area contributed by atoms with E-state index in [0.717, 1.165) is 16.2 Å². The van der Waals surface area contributed by atoms with Crippen LogP contribution in [0.3, 0.4) is 0 Å². The highest BCUT2D eigenvalue weighted by Crippen LogP contribution is 2.26. The zero-order valence-electron chi connectivity index (χ0n) is 11.8. The Bertz CT molecular complexity index is 597. The third-order valence-corrected chi connectivity index (χ3v) is 4.29. The smallest absolute Gasteiger partial charge is 0.126 e. The number of hydrogen-bond acceptors (Lipinski definition) is 4. The van der Waals surface area contributed by atoms with Crippen molar-refractivity contribution in [1.29, 1.82) is 0 Å². The Balaban J connectivity index is 1.78. The molecule has 0 aliphatic carbocycles. The standard InChI is InChI=1S/C16H18ClNO2S/c1-20-14-7-3-2-5-12(14)6-4-10-18-11-13(19)15-8-9-16(17)21-15/h2-9,13,18-19H,10-11H2,1H3. The first-order chi connectivity index (χ1) is 10.2. The van der Waals surface area contributed by atoms with Gasteiger partial charge in [0.05, 0.1) is 11.4 Å². The van der Waals surface area contributed by atoms with Crippen LogP contribution in [0.5, 0.6) is 5.75 Å². The molecule has 2 aromatic rings. The van der Waals surface area contributed by atoms with E-state index in [-0.39, 0.29) is 0 Å². The van der Waals surface area contributed by atoms with E-state index in [4.69, 9.17) is 16.3 Å². The van der Waals surface area contributed by atoms with Gasteiger partial charge in [0.15, 0.2) is 0 Å². The summed E-state index contributed by atoms with van der Waals surface area (Å²) in [5.41, 5.74) is 1.03. The average Bonchev–Trinajstić information content (AvgIpc) is 2.94. The van der Waals surface area contributed by atoms with E-state index in [2.05, 4.69) is 5.32 Å². The van der Waals surface area contributed by atoms with Crippen molar-refractivity contribution in [1.82, 2.24) is 5.32 Å². The van der Waals surface area contributed by atoms with Crippen LogP contribution in [0.1, 0.15) is 16.5 Å². The molecule has 0 amide bonds. The summed E-state index contributed by atoms with van der Waals surface area (Å²) in [5.74, 6) is 0.849. The second kappa shape index (κ2) is 8.20. The van der Waals surface area contributed by atoms with Gasteiger partial charge in [0.25, 0.3) is 0 Å². The van der Waals surface area contributed by atoms with E-state index in [0.29, 0.717) is 17.4 Å². The van der Waals surface area contributed by atoms with E-state index >= 15 is 0 Å². The van der Waals surface area contributed by atoms with Crippen LogP contribution >= 0.6 is 22.9 Å². The zero-order chi connectivity index (χ0) is 15.1. The maximum atomic E-state index is 9.98. The minimum Gasteiger partial charge on any atom is -0.496 e. The molecule has 1 aromatic heterocycles. The fourth-order valence-corrected chi connectivity index (χ4v) is 2.95. The van der Waals surface area contributed by atoms with E-state index in [1.807, 2.05) is 42.5 Å². The van der Waals surface area contributed by atoms with Crippen LogP contribution in [0.2, 0.25) is 4.34 Å². The molecule has 0 aliphatic rings. The summed E-state index contributed by atoms with van der Waals surface area (Å²) >= 11 is 7.25. The third-order valence-electron chi connectivity index (χ3n) is 2.96. The lowest BCUT2D eigenvalue weighted by atomic mass is 10.2. The second-order valence-electron chi connectivity index (χ2n) is 4.46. The molecule has 21 heavy (non-hydrogen) atoms. The van der Waals surface area contributed by atoms with E-state index in [1.54, 1.807) is 13.2 Å². The van der Waals surface area contributed by atoms with Gasteiger partial charge in [-0.2, -0.15) is 0 Å². The van der Waals surface area contributed by atoms with Gasteiger partial charge in [-0.3, -0.25) is 0 Å². The molecule has 0 bridgehead atoms. The number of ether oxygens (including phenoxy) is 1. The van der Waals surface area contributed by atoms with Crippen molar-refractivity contribution in [2.45, 2.75) is 6.10 Å². The molecule has 5 heteroatoms. The number of methoxy groups -OCH3 is 1. The zero-order valence-corrected chi connectivity index (χ0v) is 13.3. The van der Waals surface area contributed by atoms with Gasteiger partial charge >= 0.3 is 0 Å². The van der Waals surface area contributed by atoms with Crippen molar-refractivity contribution in [3.8, 4) is 5.75 Å². The molecule has 1 heterocycles. The van der Waals surface area contributed by atoms with Gasteiger partial charge in [0, 0.05) is 23.5 Å².